The zero-order chi connectivity index (χ0) is 17.7. The van der Waals surface area contributed by atoms with Crippen LogP contribution in [0.4, 0.5) is 4.79 Å². The second kappa shape index (κ2) is 8.19. The zero-order valence-electron chi connectivity index (χ0n) is 15.3. The van der Waals surface area contributed by atoms with E-state index in [1.165, 1.54) is 12.8 Å². The number of esters is 1. The van der Waals surface area contributed by atoms with Gasteiger partial charge in [0.15, 0.2) is 0 Å². The highest BCUT2D eigenvalue weighted by atomic mass is 16.6. The lowest BCUT2D eigenvalue weighted by Crippen LogP contribution is -2.44. The van der Waals surface area contributed by atoms with Crippen molar-refractivity contribution in [3.8, 4) is 0 Å². The van der Waals surface area contributed by atoms with Gasteiger partial charge >= 0.3 is 12.1 Å². The Kier molecular flexibility index (Phi) is 6.49. The molecule has 1 aliphatic carbocycles. The first kappa shape index (κ1) is 19.0. The third-order valence-corrected chi connectivity index (χ3v) is 4.17. The van der Waals surface area contributed by atoms with Gasteiger partial charge in [0.2, 0.25) is 0 Å². The maximum Gasteiger partial charge on any atom is 0.408 e. The molecule has 6 heteroatoms. The van der Waals surface area contributed by atoms with Crippen molar-refractivity contribution in [2.45, 2.75) is 90.1 Å². The monoisotopic (exact) mass is 341 g/mol. The predicted molar refractivity (Wildman–Crippen MR) is 89.6 cm³/mol. The highest BCUT2D eigenvalue weighted by molar-refractivity contribution is 5.81. The van der Waals surface area contributed by atoms with Gasteiger partial charge in [-0.25, -0.2) is 9.59 Å². The molecule has 0 spiro atoms. The Morgan fingerprint density at radius 1 is 1.25 bits per heavy atom. The number of carbonyl (C=O) groups is 2. The van der Waals surface area contributed by atoms with Gasteiger partial charge in [0.25, 0.3) is 0 Å². The van der Waals surface area contributed by atoms with Gasteiger partial charge in [0.05, 0.1) is 6.10 Å². The molecular weight excluding hydrogens is 310 g/mol. The Labute approximate surface area is 144 Å². The van der Waals surface area contributed by atoms with Crippen molar-refractivity contribution in [3.63, 3.8) is 0 Å². The van der Waals surface area contributed by atoms with Gasteiger partial charge in [-0.05, 0) is 65.7 Å². The fourth-order valence-electron chi connectivity index (χ4n) is 2.77. The normalized spacial score (nSPS) is 29.0. The van der Waals surface area contributed by atoms with Crippen LogP contribution in [-0.2, 0) is 19.0 Å². The van der Waals surface area contributed by atoms with Crippen LogP contribution >= 0.6 is 0 Å². The molecule has 2 rings (SSSR count). The Balaban J connectivity index is 1.86. The molecule has 0 aromatic rings. The molecule has 0 aromatic carbocycles. The van der Waals surface area contributed by atoms with Crippen LogP contribution in [0.3, 0.4) is 0 Å². The van der Waals surface area contributed by atoms with E-state index in [-0.39, 0.29) is 12.2 Å². The fourth-order valence-corrected chi connectivity index (χ4v) is 2.77. The van der Waals surface area contributed by atoms with Gasteiger partial charge in [-0.3, -0.25) is 0 Å². The molecule has 2 fully saturated rings. The first-order valence-corrected chi connectivity index (χ1v) is 9.04. The van der Waals surface area contributed by atoms with Gasteiger partial charge in [0, 0.05) is 13.0 Å². The number of amides is 1. The second-order valence-electron chi connectivity index (χ2n) is 8.01. The number of hydrogen-bond donors (Lipinski definition) is 1. The fraction of sp³-hybridized carbons (Fsp3) is 0.889. The van der Waals surface area contributed by atoms with Crippen molar-refractivity contribution in [1.29, 1.82) is 0 Å². The van der Waals surface area contributed by atoms with Crippen molar-refractivity contribution in [2.24, 2.45) is 5.92 Å². The minimum atomic E-state index is -0.663. The standard InChI is InChI=1S/C18H31NO5/c1-12-10-14(22-11-13-8-9-13)6-5-7-15(16(20)23-12)19-17(21)24-18(2,3)4/h12-15H,5-11H2,1-4H3,(H,19,21)/t12?,14?,15-/m0/s1. The van der Waals surface area contributed by atoms with E-state index in [0.717, 1.165) is 25.4 Å². The largest absolute Gasteiger partial charge is 0.461 e. The zero-order valence-corrected chi connectivity index (χ0v) is 15.3. The smallest absolute Gasteiger partial charge is 0.408 e. The average Bonchev–Trinajstić information content (AvgIpc) is 3.24. The molecule has 2 aliphatic rings. The van der Waals surface area contributed by atoms with E-state index in [1.54, 1.807) is 20.8 Å². The maximum atomic E-state index is 12.3. The van der Waals surface area contributed by atoms with Gasteiger partial charge in [-0.2, -0.15) is 0 Å². The van der Waals surface area contributed by atoms with E-state index >= 15 is 0 Å². The van der Waals surface area contributed by atoms with Crippen LogP contribution in [0.5, 0.6) is 0 Å². The maximum absolute atomic E-state index is 12.3. The highest BCUT2D eigenvalue weighted by Gasteiger charge is 2.30. The molecule has 2 unspecified atom stereocenters. The van der Waals surface area contributed by atoms with Gasteiger partial charge in [0.1, 0.15) is 17.7 Å². The Morgan fingerprint density at radius 3 is 2.58 bits per heavy atom. The summed E-state index contributed by atoms with van der Waals surface area (Å²) in [6, 6.07) is -0.663. The summed E-state index contributed by atoms with van der Waals surface area (Å²) in [5.74, 6) is 0.327. The lowest BCUT2D eigenvalue weighted by Gasteiger charge is -2.23. The van der Waals surface area contributed by atoms with Gasteiger partial charge < -0.3 is 19.5 Å². The lowest BCUT2D eigenvalue weighted by atomic mass is 10.0. The summed E-state index contributed by atoms with van der Waals surface area (Å²) < 4.78 is 16.7. The number of carbonyl (C=O) groups excluding carboxylic acids is 2. The van der Waals surface area contributed by atoms with Crippen molar-refractivity contribution in [3.05, 3.63) is 0 Å². The number of alkyl carbamates (subject to hydrolysis) is 1. The number of nitrogens with one attached hydrogen (secondary N) is 1. The van der Waals surface area contributed by atoms with Crippen molar-refractivity contribution >= 4 is 12.1 Å². The molecule has 1 amide bonds. The van der Waals surface area contributed by atoms with Crippen LogP contribution in [0.25, 0.3) is 0 Å². The number of hydrogen-bond acceptors (Lipinski definition) is 5. The van der Waals surface area contributed by atoms with Crippen molar-refractivity contribution in [1.82, 2.24) is 5.32 Å². The highest BCUT2D eigenvalue weighted by Crippen LogP contribution is 2.30. The summed E-state index contributed by atoms with van der Waals surface area (Å²) in [4.78, 5) is 24.2. The minimum Gasteiger partial charge on any atom is -0.461 e. The van der Waals surface area contributed by atoms with E-state index < -0.39 is 23.7 Å². The Morgan fingerprint density at radius 2 is 1.96 bits per heavy atom. The second-order valence-corrected chi connectivity index (χ2v) is 8.01. The Hall–Kier alpha value is -1.30. The predicted octanol–water partition coefficient (Wildman–Crippen LogP) is 3.18. The molecule has 0 radical (unpaired) electrons. The van der Waals surface area contributed by atoms with Crippen LogP contribution in [0.1, 0.15) is 66.2 Å². The topological polar surface area (TPSA) is 73.9 Å². The van der Waals surface area contributed by atoms with Crippen LogP contribution in [0.15, 0.2) is 0 Å². The van der Waals surface area contributed by atoms with E-state index in [4.69, 9.17) is 14.2 Å². The quantitative estimate of drug-likeness (QED) is 0.795. The third-order valence-electron chi connectivity index (χ3n) is 4.17. The summed E-state index contributed by atoms with van der Waals surface area (Å²) >= 11 is 0. The molecule has 1 heterocycles. The molecule has 24 heavy (non-hydrogen) atoms. The lowest BCUT2D eigenvalue weighted by molar-refractivity contribution is -0.152. The van der Waals surface area contributed by atoms with Crippen molar-refractivity contribution in [2.75, 3.05) is 6.61 Å². The number of rotatable bonds is 4. The van der Waals surface area contributed by atoms with E-state index in [0.29, 0.717) is 12.8 Å². The number of ether oxygens (including phenoxy) is 3. The van der Waals surface area contributed by atoms with Crippen LogP contribution in [-0.4, -0.2) is 42.5 Å². The van der Waals surface area contributed by atoms with E-state index in [2.05, 4.69) is 5.32 Å². The molecule has 1 aliphatic heterocycles. The summed E-state index contributed by atoms with van der Waals surface area (Å²) in [7, 11) is 0. The van der Waals surface area contributed by atoms with Gasteiger partial charge in [-0.1, -0.05) is 0 Å². The summed E-state index contributed by atoms with van der Waals surface area (Å²) in [6.07, 6.45) is 4.76. The molecule has 3 atom stereocenters. The van der Waals surface area contributed by atoms with Gasteiger partial charge in [-0.15, -0.1) is 0 Å². The van der Waals surface area contributed by atoms with Crippen LogP contribution in [0, 0.1) is 5.92 Å². The molecule has 1 N–H and O–H groups in total. The molecule has 1 saturated carbocycles. The number of cyclic esters (lactones) is 1. The summed E-state index contributed by atoms with van der Waals surface area (Å²) in [5, 5.41) is 2.64. The molecular formula is C18H31NO5. The minimum absolute atomic E-state index is 0.119. The van der Waals surface area contributed by atoms with E-state index in [1.807, 2.05) is 6.92 Å². The average molecular weight is 341 g/mol. The summed E-state index contributed by atoms with van der Waals surface area (Å²) in [5.41, 5.74) is -0.596. The first-order chi connectivity index (χ1) is 11.2. The molecule has 6 nitrogen and oxygen atoms in total. The van der Waals surface area contributed by atoms with Crippen molar-refractivity contribution < 1.29 is 23.8 Å². The molecule has 1 saturated heterocycles. The molecule has 138 valence electrons. The van der Waals surface area contributed by atoms with Crippen LogP contribution in [0.2, 0.25) is 0 Å². The first-order valence-electron chi connectivity index (χ1n) is 9.04. The van der Waals surface area contributed by atoms with E-state index in [9.17, 15) is 9.59 Å². The third kappa shape index (κ3) is 7.07. The summed E-state index contributed by atoms with van der Waals surface area (Å²) in [6.45, 7) is 8.06. The Bertz CT molecular complexity index is 441. The molecule has 0 aromatic heterocycles. The van der Waals surface area contributed by atoms with Crippen LogP contribution < -0.4 is 5.32 Å². The SMILES string of the molecule is CC1CC(OCC2CC2)CCC[C@H](NC(=O)OC(C)(C)C)C(=O)O1. The molecule has 0 bridgehead atoms.